The molecule has 1 atom stereocenters. The first kappa shape index (κ1) is 15.8. The van der Waals surface area contributed by atoms with E-state index in [0.29, 0.717) is 5.75 Å². The Morgan fingerprint density at radius 3 is 2.57 bits per heavy atom. The first-order chi connectivity index (χ1) is 11.1. The zero-order chi connectivity index (χ0) is 16.2. The Labute approximate surface area is 140 Å². The number of hydrogen-bond donors (Lipinski definition) is 1. The van der Waals surface area contributed by atoms with E-state index in [1.807, 2.05) is 54.0 Å². The second-order valence-electron chi connectivity index (χ2n) is 5.44. The Hall–Kier alpha value is -2.11. The highest BCUT2D eigenvalue weighted by atomic mass is 32.2. The van der Waals surface area contributed by atoms with Gasteiger partial charge in [-0.3, -0.25) is 4.57 Å². The summed E-state index contributed by atoms with van der Waals surface area (Å²) >= 11 is 1.51. The van der Waals surface area contributed by atoms with Crippen LogP contribution in [0.3, 0.4) is 0 Å². The van der Waals surface area contributed by atoms with Crippen LogP contribution in [0.4, 0.5) is 0 Å². The molecule has 118 valence electrons. The third kappa shape index (κ3) is 3.63. The Kier molecular flexibility index (Phi) is 4.79. The van der Waals surface area contributed by atoms with Gasteiger partial charge in [0.25, 0.3) is 0 Å². The average Bonchev–Trinajstić information content (AvgIpc) is 2.94. The summed E-state index contributed by atoms with van der Waals surface area (Å²) in [5.41, 5.74) is 3.15. The van der Waals surface area contributed by atoms with Gasteiger partial charge in [0.1, 0.15) is 5.82 Å². The van der Waals surface area contributed by atoms with Crippen LogP contribution in [0.2, 0.25) is 0 Å². The molecule has 0 aliphatic heterocycles. The molecule has 0 saturated heterocycles. The second kappa shape index (κ2) is 6.98. The molecule has 3 rings (SSSR count). The van der Waals surface area contributed by atoms with Crippen molar-refractivity contribution in [3.63, 3.8) is 0 Å². The Morgan fingerprint density at radius 2 is 1.83 bits per heavy atom. The van der Waals surface area contributed by atoms with Crippen molar-refractivity contribution >= 4 is 11.8 Å². The van der Waals surface area contributed by atoms with Gasteiger partial charge in [-0.1, -0.05) is 54.2 Å². The van der Waals surface area contributed by atoms with E-state index in [4.69, 9.17) is 0 Å². The van der Waals surface area contributed by atoms with E-state index >= 15 is 0 Å². The van der Waals surface area contributed by atoms with Crippen molar-refractivity contribution in [2.24, 2.45) is 0 Å². The van der Waals surface area contributed by atoms with Crippen molar-refractivity contribution in [1.82, 2.24) is 14.8 Å². The van der Waals surface area contributed by atoms with Gasteiger partial charge in [-0.25, -0.2) is 0 Å². The van der Waals surface area contributed by atoms with Gasteiger partial charge < -0.3 is 5.11 Å². The number of aryl methyl sites for hydroxylation is 2. The van der Waals surface area contributed by atoms with Crippen LogP contribution in [0.1, 0.15) is 23.1 Å². The van der Waals surface area contributed by atoms with Crippen LogP contribution in [0, 0.1) is 13.8 Å². The molecule has 2 aromatic carbocycles. The van der Waals surface area contributed by atoms with Crippen molar-refractivity contribution in [2.45, 2.75) is 25.1 Å². The first-order valence-electron chi connectivity index (χ1n) is 7.50. The topological polar surface area (TPSA) is 50.9 Å². The summed E-state index contributed by atoms with van der Waals surface area (Å²) in [6.45, 7) is 4.00. The fourth-order valence-electron chi connectivity index (χ4n) is 2.43. The molecule has 23 heavy (non-hydrogen) atoms. The van der Waals surface area contributed by atoms with Crippen LogP contribution in [0.15, 0.2) is 59.8 Å². The minimum Gasteiger partial charge on any atom is -0.388 e. The molecule has 0 amide bonds. The van der Waals surface area contributed by atoms with E-state index in [2.05, 4.69) is 29.3 Å². The van der Waals surface area contributed by atoms with E-state index < -0.39 is 6.10 Å². The largest absolute Gasteiger partial charge is 0.388 e. The highest BCUT2D eigenvalue weighted by Gasteiger charge is 2.14. The molecular weight excluding hydrogens is 306 g/mol. The normalized spacial score (nSPS) is 12.3. The van der Waals surface area contributed by atoms with Crippen molar-refractivity contribution in [3.05, 3.63) is 71.5 Å². The Morgan fingerprint density at radius 1 is 1.04 bits per heavy atom. The number of rotatable bonds is 5. The molecule has 0 aliphatic carbocycles. The highest BCUT2D eigenvalue weighted by molar-refractivity contribution is 7.99. The fraction of sp³-hybridized carbons (Fsp3) is 0.222. The summed E-state index contributed by atoms with van der Waals surface area (Å²) in [6.07, 6.45) is -0.524. The number of thioether (sulfide) groups is 1. The summed E-state index contributed by atoms with van der Waals surface area (Å²) in [4.78, 5) is 0. The first-order valence-corrected chi connectivity index (χ1v) is 8.48. The number of benzene rings is 2. The average molecular weight is 325 g/mol. The predicted octanol–water partition coefficient (Wildman–Crippen LogP) is 3.71. The third-order valence-electron chi connectivity index (χ3n) is 3.61. The van der Waals surface area contributed by atoms with Crippen LogP contribution in [-0.4, -0.2) is 25.6 Å². The molecule has 3 aromatic rings. The Balaban J connectivity index is 1.79. The van der Waals surface area contributed by atoms with Crippen molar-refractivity contribution < 1.29 is 5.11 Å². The molecule has 0 spiro atoms. The monoisotopic (exact) mass is 325 g/mol. The third-order valence-corrected chi connectivity index (χ3v) is 4.61. The van der Waals surface area contributed by atoms with Gasteiger partial charge in [0.05, 0.1) is 6.10 Å². The Bertz CT molecular complexity index is 786. The number of nitrogens with zero attached hydrogens (tertiary/aromatic N) is 3. The van der Waals surface area contributed by atoms with E-state index in [0.717, 1.165) is 22.2 Å². The fourth-order valence-corrected chi connectivity index (χ4v) is 3.39. The van der Waals surface area contributed by atoms with Crippen LogP contribution in [-0.2, 0) is 0 Å². The lowest BCUT2D eigenvalue weighted by Gasteiger charge is -2.12. The zero-order valence-electron chi connectivity index (χ0n) is 13.2. The second-order valence-corrected chi connectivity index (χ2v) is 6.43. The molecule has 0 saturated carbocycles. The quantitative estimate of drug-likeness (QED) is 0.727. The number of aliphatic hydroxyl groups excluding tert-OH is 1. The smallest absolute Gasteiger partial charge is 0.195 e. The summed E-state index contributed by atoms with van der Waals surface area (Å²) < 4.78 is 2.02. The van der Waals surface area contributed by atoms with Crippen molar-refractivity contribution in [3.8, 4) is 5.69 Å². The minimum absolute atomic E-state index is 0.524. The van der Waals surface area contributed by atoms with E-state index in [1.54, 1.807) is 0 Å². The summed E-state index contributed by atoms with van der Waals surface area (Å²) in [7, 11) is 0. The maximum absolute atomic E-state index is 10.3. The molecule has 4 nitrogen and oxygen atoms in total. The molecule has 1 N–H and O–H groups in total. The van der Waals surface area contributed by atoms with Crippen LogP contribution in [0.25, 0.3) is 5.69 Å². The van der Waals surface area contributed by atoms with E-state index in [1.165, 1.54) is 17.3 Å². The molecule has 1 heterocycles. The van der Waals surface area contributed by atoms with Crippen molar-refractivity contribution in [1.29, 1.82) is 0 Å². The van der Waals surface area contributed by atoms with Gasteiger partial charge in [-0.05, 0) is 37.1 Å². The molecule has 0 fully saturated rings. The van der Waals surface area contributed by atoms with Crippen LogP contribution >= 0.6 is 11.8 Å². The SMILES string of the molecule is Cc1cccc(-n2c(C)nnc2SC[C@@H](O)c2ccccc2)c1. The number of hydrogen-bond acceptors (Lipinski definition) is 4. The standard InChI is InChI=1S/C18H19N3OS/c1-13-7-6-10-16(11-13)21-14(2)19-20-18(21)23-12-17(22)15-8-4-3-5-9-15/h3-11,17,22H,12H2,1-2H3/t17-/m1/s1. The van der Waals surface area contributed by atoms with Gasteiger partial charge in [0.2, 0.25) is 0 Å². The maximum atomic E-state index is 10.3. The molecule has 0 radical (unpaired) electrons. The highest BCUT2D eigenvalue weighted by Crippen LogP contribution is 2.26. The number of aliphatic hydroxyl groups is 1. The lowest BCUT2D eigenvalue weighted by atomic mass is 10.1. The lowest BCUT2D eigenvalue weighted by molar-refractivity contribution is 0.204. The van der Waals surface area contributed by atoms with Gasteiger partial charge >= 0.3 is 0 Å². The minimum atomic E-state index is -0.524. The van der Waals surface area contributed by atoms with Gasteiger partial charge in [-0.2, -0.15) is 0 Å². The molecule has 0 bridgehead atoms. The predicted molar refractivity (Wildman–Crippen MR) is 93.0 cm³/mol. The van der Waals surface area contributed by atoms with E-state index in [-0.39, 0.29) is 0 Å². The van der Waals surface area contributed by atoms with E-state index in [9.17, 15) is 5.11 Å². The maximum Gasteiger partial charge on any atom is 0.195 e. The van der Waals surface area contributed by atoms with Gasteiger partial charge in [0.15, 0.2) is 5.16 Å². The summed E-state index contributed by atoms with van der Waals surface area (Å²) in [5.74, 6) is 1.38. The van der Waals surface area contributed by atoms with Crippen molar-refractivity contribution in [2.75, 3.05) is 5.75 Å². The lowest BCUT2D eigenvalue weighted by Crippen LogP contribution is -2.03. The molecule has 5 heteroatoms. The van der Waals surface area contributed by atoms with Crippen LogP contribution < -0.4 is 0 Å². The summed E-state index contributed by atoms with van der Waals surface area (Å²) in [6, 6.07) is 17.9. The number of aromatic nitrogens is 3. The molecular formula is C18H19N3OS. The van der Waals surface area contributed by atoms with Gasteiger partial charge in [-0.15, -0.1) is 10.2 Å². The van der Waals surface area contributed by atoms with Crippen LogP contribution in [0.5, 0.6) is 0 Å². The summed E-state index contributed by atoms with van der Waals surface area (Å²) in [5, 5.41) is 19.5. The molecule has 1 aromatic heterocycles. The molecule has 0 aliphatic rings. The zero-order valence-corrected chi connectivity index (χ0v) is 14.0. The van der Waals surface area contributed by atoms with Gasteiger partial charge in [0, 0.05) is 11.4 Å². The molecule has 0 unspecified atom stereocenters.